The number of nitrogens with one attached hydrogen (secondary N) is 1. The Morgan fingerprint density at radius 2 is 1.71 bits per heavy atom. The molecule has 0 radical (unpaired) electrons. The van der Waals surface area contributed by atoms with E-state index < -0.39 is 17.6 Å². The van der Waals surface area contributed by atoms with Crippen molar-refractivity contribution in [1.82, 2.24) is 0 Å². The van der Waals surface area contributed by atoms with Crippen LogP contribution in [-0.4, -0.2) is 0 Å². The molecular formula is C14H9Cl2F4N. The lowest BCUT2D eigenvalue weighted by molar-refractivity contribution is -0.136. The molecule has 1 nitrogen and oxygen atoms in total. The van der Waals surface area contributed by atoms with Gasteiger partial charge in [0.1, 0.15) is 5.82 Å². The molecule has 0 aliphatic rings. The first-order chi connectivity index (χ1) is 9.77. The van der Waals surface area contributed by atoms with Crippen LogP contribution in [0.4, 0.5) is 23.2 Å². The molecule has 2 aromatic rings. The number of halogens is 6. The SMILES string of the molecule is Fc1ccc(Cl)c(CNc2ccc(Cl)cc2C(F)(F)F)c1. The lowest BCUT2D eigenvalue weighted by Gasteiger charge is -2.15. The number of hydrogen-bond donors (Lipinski definition) is 1. The summed E-state index contributed by atoms with van der Waals surface area (Å²) in [6.45, 7) is -0.0404. The van der Waals surface area contributed by atoms with Crippen molar-refractivity contribution in [1.29, 1.82) is 0 Å². The molecule has 2 rings (SSSR count). The van der Waals surface area contributed by atoms with Gasteiger partial charge in [0.15, 0.2) is 0 Å². The summed E-state index contributed by atoms with van der Waals surface area (Å²) < 4.78 is 51.8. The predicted molar refractivity (Wildman–Crippen MR) is 75.2 cm³/mol. The maximum absolute atomic E-state index is 13.1. The van der Waals surface area contributed by atoms with Gasteiger partial charge in [0.05, 0.1) is 5.56 Å². The van der Waals surface area contributed by atoms with E-state index in [0.717, 1.165) is 6.07 Å². The fraction of sp³-hybridized carbons (Fsp3) is 0.143. The highest BCUT2D eigenvalue weighted by Gasteiger charge is 2.33. The molecule has 112 valence electrons. The van der Waals surface area contributed by atoms with Gasteiger partial charge in [0.2, 0.25) is 0 Å². The number of rotatable bonds is 3. The Bertz CT molecular complexity index is 656. The summed E-state index contributed by atoms with van der Waals surface area (Å²) in [5, 5.41) is 2.85. The summed E-state index contributed by atoms with van der Waals surface area (Å²) in [5.41, 5.74) is -0.672. The van der Waals surface area contributed by atoms with Crippen LogP contribution in [0.3, 0.4) is 0 Å². The fourth-order valence-electron chi connectivity index (χ4n) is 1.77. The molecule has 21 heavy (non-hydrogen) atoms. The topological polar surface area (TPSA) is 12.0 Å². The largest absolute Gasteiger partial charge is 0.418 e. The monoisotopic (exact) mass is 337 g/mol. The van der Waals surface area contributed by atoms with Gasteiger partial charge in [0, 0.05) is 22.3 Å². The first-order valence-corrected chi connectivity index (χ1v) is 6.57. The minimum atomic E-state index is -4.54. The van der Waals surface area contributed by atoms with Crippen molar-refractivity contribution in [2.24, 2.45) is 0 Å². The Hall–Kier alpha value is -1.46. The summed E-state index contributed by atoms with van der Waals surface area (Å²) in [6, 6.07) is 7.08. The summed E-state index contributed by atoms with van der Waals surface area (Å²) in [4.78, 5) is 0. The lowest BCUT2D eigenvalue weighted by Crippen LogP contribution is -2.11. The highest BCUT2D eigenvalue weighted by Crippen LogP contribution is 2.36. The molecule has 0 saturated heterocycles. The molecule has 2 aromatic carbocycles. The van der Waals surface area contributed by atoms with Gasteiger partial charge >= 0.3 is 6.18 Å². The average molecular weight is 338 g/mol. The van der Waals surface area contributed by atoms with Gasteiger partial charge in [-0.05, 0) is 42.0 Å². The normalized spacial score (nSPS) is 11.5. The first kappa shape index (κ1) is 15.9. The van der Waals surface area contributed by atoms with Gasteiger partial charge in [-0.1, -0.05) is 23.2 Å². The first-order valence-electron chi connectivity index (χ1n) is 5.82. The smallest absolute Gasteiger partial charge is 0.380 e. The highest BCUT2D eigenvalue weighted by molar-refractivity contribution is 6.31. The minimum Gasteiger partial charge on any atom is -0.380 e. The number of hydrogen-bond acceptors (Lipinski definition) is 1. The summed E-state index contributed by atoms with van der Waals surface area (Å²) in [6.07, 6.45) is -4.54. The van der Waals surface area contributed by atoms with Crippen molar-refractivity contribution < 1.29 is 17.6 Å². The van der Waals surface area contributed by atoms with E-state index in [4.69, 9.17) is 23.2 Å². The maximum atomic E-state index is 13.1. The van der Waals surface area contributed by atoms with Crippen LogP contribution in [0.1, 0.15) is 11.1 Å². The Labute approximate surface area is 128 Å². The van der Waals surface area contributed by atoms with E-state index in [1.807, 2.05) is 0 Å². The molecule has 0 amide bonds. The molecule has 0 fully saturated rings. The van der Waals surface area contributed by atoms with Crippen LogP contribution in [0.2, 0.25) is 10.0 Å². The standard InChI is InChI=1S/C14H9Cl2F4N/c15-9-1-4-13(11(6-9)14(18,19)20)21-7-8-5-10(17)2-3-12(8)16/h1-6,21H,7H2. The van der Waals surface area contributed by atoms with Crippen molar-refractivity contribution in [2.45, 2.75) is 12.7 Å². The second-order valence-corrected chi connectivity index (χ2v) is 5.12. The van der Waals surface area contributed by atoms with E-state index in [9.17, 15) is 17.6 Å². The molecular weight excluding hydrogens is 329 g/mol. The van der Waals surface area contributed by atoms with Crippen LogP contribution in [-0.2, 0) is 12.7 Å². The van der Waals surface area contributed by atoms with E-state index in [0.29, 0.717) is 5.56 Å². The third-order valence-electron chi connectivity index (χ3n) is 2.76. The van der Waals surface area contributed by atoms with Crippen molar-refractivity contribution in [2.75, 3.05) is 5.32 Å². The Morgan fingerprint density at radius 1 is 1.00 bits per heavy atom. The quantitative estimate of drug-likeness (QED) is 0.701. The van der Waals surface area contributed by atoms with Crippen LogP contribution in [0.15, 0.2) is 36.4 Å². The van der Waals surface area contributed by atoms with Crippen molar-refractivity contribution in [3.05, 3.63) is 63.4 Å². The Morgan fingerprint density at radius 3 is 2.38 bits per heavy atom. The van der Waals surface area contributed by atoms with Crippen LogP contribution in [0.25, 0.3) is 0 Å². The number of benzene rings is 2. The van der Waals surface area contributed by atoms with Gasteiger partial charge in [-0.25, -0.2) is 4.39 Å². The second-order valence-electron chi connectivity index (χ2n) is 4.28. The van der Waals surface area contributed by atoms with Gasteiger partial charge in [-0.15, -0.1) is 0 Å². The second kappa shape index (κ2) is 6.12. The zero-order valence-electron chi connectivity index (χ0n) is 10.4. The molecule has 0 atom stereocenters. The maximum Gasteiger partial charge on any atom is 0.418 e. The van der Waals surface area contributed by atoms with Crippen LogP contribution >= 0.6 is 23.2 Å². The van der Waals surface area contributed by atoms with Crippen molar-refractivity contribution in [3.63, 3.8) is 0 Å². The molecule has 0 aliphatic carbocycles. The van der Waals surface area contributed by atoms with Crippen LogP contribution in [0, 0.1) is 5.82 Å². The Kier molecular flexibility index (Phi) is 4.64. The third kappa shape index (κ3) is 4.02. The van der Waals surface area contributed by atoms with Gasteiger partial charge in [0.25, 0.3) is 0 Å². The van der Waals surface area contributed by atoms with E-state index in [2.05, 4.69) is 5.32 Å². The van der Waals surface area contributed by atoms with Crippen LogP contribution < -0.4 is 5.32 Å². The zero-order valence-corrected chi connectivity index (χ0v) is 12.0. The Balaban J connectivity index is 2.26. The molecule has 7 heteroatoms. The van der Waals surface area contributed by atoms with E-state index in [1.165, 1.54) is 30.3 Å². The number of alkyl halides is 3. The lowest BCUT2D eigenvalue weighted by atomic mass is 10.1. The summed E-state index contributed by atoms with van der Waals surface area (Å²) >= 11 is 11.5. The molecule has 0 aromatic heterocycles. The predicted octanol–water partition coefficient (Wildman–Crippen LogP) is 5.76. The van der Waals surface area contributed by atoms with Crippen LogP contribution in [0.5, 0.6) is 0 Å². The highest BCUT2D eigenvalue weighted by atomic mass is 35.5. The molecule has 0 saturated carbocycles. The zero-order chi connectivity index (χ0) is 15.6. The number of anilines is 1. The summed E-state index contributed by atoms with van der Waals surface area (Å²) in [5.74, 6) is -0.511. The summed E-state index contributed by atoms with van der Waals surface area (Å²) in [7, 11) is 0. The van der Waals surface area contributed by atoms with Gasteiger partial charge in [-0.2, -0.15) is 13.2 Å². The van der Waals surface area contributed by atoms with Gasteiger partial charge in [-0.3, -0.25) is 0 Å². The average Bonchev–Trinajstić information content (AvgIpc) is 2.40. The fourth-order valence-corrected chi connectivity index (χ4v) is 2.13. The van der Waals surface area contributed by atoms with Gasteiger partial charge < -0.3 is 5.32 Å². The third-order valence-corrected chi connectivity index (χ3v) is 3.37. The minimum absolute atomic E-state index is 0.0170. The van der Waals surface area contributed by atoms with Crippen molar-refractivity contribution in [3.8, 4) is 0 Å². The molecule has 1 N–H and O–H groups in total. The van der Waals surface area contributed by atoms with E-state index >= 15 is 0 Å². The molecule has 0 aliphatic heterocycles. The molecule has 0 heterocycles. The van der Waals surface area contributed by atoms with Crippen molar-refractivity contribution >= 4 is 28.9 Å². The molecule has 0 unspecified atom stereocenters. The van der Waals surface area contributed by atoms with E-state index in [1.54, 1.807) is 0 Å². The molecule has 0 spiro atoms. The molecule has 0 bridgehead atoms. The van der Waals surface area contributed by atoms with E-state index in [-0.39, 0.29) is 22.3 Å².